The van der Waals surface area contributed by atoms with E-state index in [9.17, 15) is 19.2 Å². The van der Waals surface area contributed by atoms with Gasteiger partial charge in [-0.2, -0.15) is 0 Å². The Balaban J connectivity index is 2.23. The van der Waals surface area contributed by atoms with Crippen molar-refractivity contribution in [2.45, 2.75) is 6.42 Å². The molecule has 23 heavy (non-hydrogen) atoms. The van der Waals surface area contributed by atoms with E-state index in [4.69, 9.17) is 11.6 Å². The predicted molar refractivity (Wildman–Crippen MR) is 82.0 cm³/mol. The molecule has 0 saturated carbocycles. The normalized spacial score (nSPS) is 9.65. The van der Waals surface area contributed by atoms with Crippen molar-refractivity contribution >= 4 is 35.4 Å². The molecular weight excluding hydrogens is 326 g/mol. The molecule has 0 saturated heterocycles. The molecule has 0 aliphatic heterocycles. The summed E-state index contributed by atoms with van der Waals surface area (Å²) in [6, 6.07) is 5.57. The number of amides is 4. The highest BCUT2D eigenvalue weighted by Crippen LogP contribution is 2.09. The first kappa shape index (κ1) is 18.4. The molecule has 0 aromatic heterocycles. The van der Waals surface area contributed by atoms with Gasteiger partial charge in [0.05, 0.1) is 6.42 Å². The zero-order valence-corrected chi connectivity index (χ0v) is 13.1. The molecule has 0 heterocycles. The lowest BCUT2D eigenvalue weighted by Gasteiger charge is -2.07. The summed E-state index contributed by atoms with van der Waals surface area (Å²) in [7, 11) is 1.35. The second-order valence-electron chi connectivity index (χ2n) is 4.30. The third kappa shape index (κ3) is 7.28. The lowest BCUT2D eigenvalue weighted by atomic mass is 10.2. The third-order valence-electron chi connectivity index (χ3n) is 2.57. The maximum Gasteiger partial charge on any atom is 0.321 e. The molecule has 0 atom stereocenters. The Morgan fingerprint density at radius 2 is 1.78 bits per heavy atom. The van der Waals surface area contributed by atoms with Crippen LogP contribution in [0.15, 0.2) is 24.3 Å². The number of ether oxygens (including phenoxy) is 1. The number of imide groups is 1. The van der Waals surface area contributed by atoms with Gasteiger partial charge in [-0.1, -0.05) is 11.6 Å². The molecule has 0 aliphatic rings. The van der Waals surface area contributed by atoms with Gasteiger partial charge in [-0.15, -0.1) is 0 Å². The first-order chi connectivity index (χ1) is 10.9. The van der Waals surface area contributed by atoms with Gasteiger partial charge < -0.3 is 15.4 Å². The molecule has 1 aromatic carbocycles. The molecule has 1 aromatic rings. The zero-order valence-electron chi connectivity index (χ0n) is 12.3. The number of carbonyl (C=O) groups excluding carboxylic acids is 4. The molecule has 1 rings (SSSR count). The number of carbonyl (C=O) groups is 4. The van der Waals surface area contributed by atoms with Crippen LogP contribution in [0.5, 0.6) is 0 Å². The van der Waals surface area contributed by atoms with Crippen molar-refractivity contribution in [3.05, 3.63) is 34.9 Å². The van der Waals surface area contributed by atoms with Gasteiger partial charge in [0.2, 0.25) is 0 Å². The van der Waals surface area contributed by atoms with Crippen LogP contribution in [0.3, 0.4) is 0 Å². The van der Waals surface area contributed by atoms with E-state index >= 15 is 0 Å². The van der Waals surface area contributed by atoms with Gasteiger partial charge in [-0.25, -0.2) is 4.79 Å². The average molecular weight is 342 g/mol. The van der Waals surface area contributed by atoms with E-state index in [-0.39, 0.29) is 18.9 Å². The monoisotopic (exact) mass is 341 g/mol. The number of hydrogen-bond acceptors (Lipinski definition) is 5. The molecule has 0 spiro atoms. The van der Waals surface area contributed by atoms with E-state index in [1.54, 1.807) is 24.3 Å². The quantitative estimate of drug-likeness (QED) is 0.650. The van der Waals surface area contributed by atoms with Crippen molar-refractivity contribution in [1.29, 1.82) is 0 Å². The Morgan fingerprint density at radius 1 is 1.13 bits per heavy atom. The molecule has 0 unspecified atom stereocenters. The molecule has 9 heteroatoms. The Morgan fingerprint density at radius 3 is 2.39 bits per heavy atom. The van der Waals surface area contributed by atoms with Gasteiger partial charge in [0.25, 0.3) is 11.8 Å². The lowest BCUT2D eigenvalue weighted by molar-refractivity contribution is -0.148. The summed E-state index contributed by atoms with van der Waals surface area (Å²) in [6.07, 6.45) is -0.105. The van der Waals surface area contributed by atoms with Crippen molar-refractivity contribution in [3.63, 3.8) is 0 Å². The summed E-state index contributed by atoms with van der Waals surface area (Å²) >= 11 is 5.71. The smallest absolute Gasteiger partial charge is 0.321 e. The SMILES string of the molecule is CNC(=O)NC(=O)COC(=O)CCNC(=O)c1ccc(Cl)cc1. The lowest BCUT2D eigenvalue weighted by Crippen LogP contribution is -2.39. The van der Waals surface area contributed by atoms with Crippen LogP contribution >= 0.6 is 11.6 Å². The van der Waals surface area contributed by atoms with E-state index in [1.165, 1.54) is 7.05 Å². The van der Waals surface area contributed by atoms with Gasteiger partial charge in [-0.05, 0) is 24.3 Å². The van der Waals surface area contributed by atoms with E-state index in [2.05, 4.69) is 15.4 Å². The van der Waals surface area contributed by atoms with E-state index in [0.29, 0.717) is 10.6 Å². The largest absolute Gasteiger partial charge is 0.456 e. The second-order valence-corrected chi connectivity index (χ2v) is 4.74. The van der Waals surface area contributed by atoms with Gasteiger partial charge in [0.1, 0.15) is 0 Å². The second kappa shape index (κ2) is 9.42. The van der Waals surface area contributed by atoms with Crippen LogP contribution in [-0.2, 0) is 14.3 Å². The summed E-state index contributed by atoms with van der Waals surface area (Å²) in [5.41, 5.74) is 0.410. The Hall–Kier alpha value is -2.61. The summed E-state index contributed by atoms with van der Waals surface area (Å²) in [6.45, 7) is -0.519. The number of benzene rings is 1. The first-order valence-corrected chi connectivity index (χ1v) is 7.01. The highest BCUT2D eigenvalue weighted by atomic mass is 35.5. The van der Waals surface area contributed by atoms with Crippen molar-refractivity contribution in [3.8, 4) is 0 Å². The Kier molecular flexibility index (Phi) is 7.55. The minimum Gasteiger partial charge on any atom is -0.456 e. The number of hydrogen-bond donors (Lipinski definition) is 3. The summed E-state index contributed by atoms with van der Waals surface area (Å²) < 4.78 is 4.65. The standard InChI is InChI=1S/C14H16ClN3O5/c1-16-14(22)18-11(19)8-23-12(20)6-7-17-13(21)9-2-4-10(15)5-3-9/h2-5H,6-8H2,1H3,(H,17,21)(H2,16,18,19,22). The van der Waals surface area contributed by atoms with Crippen LogP contribution < -0.4 is 16.0 Å². The number of nitrogens with one attached hydrogen (secondary N) is 3. The zero-order chi connectivity index (χ0) is 17.2. The van der Waals surface area contributed by atoms with Crippen LogP contribution in [0.25, 0.3) is 0 Å². The van der Waals surface area contributed by atoms with Crippen LogP contribution in [0.1, 0.15) is 16.8 Å². The van der Waals surface area contributed by atoms with Gasteiger partial charge in [0, 0.05) is 24.2 Å². The van der Waals surface area contributed by atoms with E-state index < -0.39 is 24.5 Å². The van der Waals surface area contributed by atoms with Crippen LogP contribution in [0, 0.1) is 0 Å². The van der Waals surface area contributed by atoms with Crippen LogP contribution in [0.4, 0.5) is 4.79 Å². The number of halogens is 1. The fourth-order valence-corrected chi connectivity index (χ4v) is 1.55. The fraction of sp³-hybridized carbons (Fsp3) is 0.286. The predicted octanol–water partition coefficient (Wildman–Crippen LogP) is 0.459. The summed E-state index contributed by atoms with van der Waals surface area (Å²) in [5.74, 6) is -1.77. The van der Waals surface area contributed by atoms with Crippen LogP contribution in [-0.4, -0.2) is 44.0 Å². The highest BCUT2D eigenvalue weighted by Gasteiger charge is 2.11. The molecule has 0 aliphatic carbocycles. The van der Waals surface area contributed by atoms with E-state index in [0.717, 1.165) is 0 Å². The molecule has 0 radical (unpaired) electrons. The highest BCUT2D eigenvalue weighted by molar-refractivity contribution is 6.30. The molecule has 8 nitrogen and oxygen atoms in total. The third-order valence-corrected chi connectivity index (χ3v) is 2.82. The molecular formula is C14H16ClN3O5. The molecule has 124 valence electrons. The van der Waals surface area contributed by atoms with Crippen molar-refractivity contribution in [2.75, 3.05) is 20.2 Å². The van der Waals surface area contributed by atoms with Crippen molar-refractivity contribution in [2.24, 2.45) is 0 Å². The Labute approximate surface area is 137 Å². The molecule has 0 bridgehead atoms. The number of urea groups is 1. The fourth-order valence-electron chi connectivity index (χ4n) is 1.42. The molecule has 4 amide bonds. The van der Waals surface area contributed by atoms with Gasteiger partial charge >= 0.3 is 12.0 Å². The molecule has 3 N–H and O–H groups in total. The number of esters is 1. The number of rotatable bonds is 6. The van der Waals surface area contributed by atoms with Crippen molar-refractivity contribution < 1.29 is 23.9 Å². The first-order valence-electron chi connectivity index (χ1n) is 6.63. The minimum atomic E-state index is -0.747. The summed E-state index contributed by atoms with van der Waals surface area (Å²) in [5, 5.41) is 7.17. The maximum atomic E-state index is 11.7. The van der Waals surface area contributed by atoms with Crippen molar-refractivity contribution in [1.82, 2.24) is 16.0 Å². The van der Waals surface area contributed by atoms with Gasteiger partial charge in [-0.3, -0.25) is 19.7 Å². The van der Waals surface area contributed by atoms with Gasteiger partial charge in [0.15, 0.2) is 6.61 Å². The average Bonchev–Trinajstić information content (AvgIpc) is 2.53. The Bertz CT molecular complexity index is 589. The summed E-state index contributed by atoms with van der Waals surface area (Å²) in [4.78, 5) is 45.1. The topological polar surface area (TPSA) is 114 Å². The van der Waals surface area contributed by atoms with E-state index in [1.807, 2.05) is 5.32 Å². The minimum absolute atomic E-state index is 0.0529. The molecule has 0 fully saturated rings. The van der Waals surface area contributed by atoms with Crippen LogP contribution in [0.2, 0.25) is 5.02 Å². The maximum absolute atomic E-state index is 11.7.